The Bertz CT molecular complexity index is 355. The first-order valence-corrected chi connectivity index (χ1v) is 6.73. The largest absolute Gasteiger partial charge is 0.397 e. The van der Waals surface area contributed by atoms with E-state index in [1.54, 1.807) is 0 Å². The quantitative estimate of drug-likeness (QED) is 0.791. The Balaban J connectivity index is 2.74. The molecule has 96 valence electrons. The number of halogens is 1. The van der Waals surface area contributed by atoms with E-state index in [0.717, 1.165) is 22.5 Å². The zero-order valence-electron chi connectivity index (χ0n) is 10.7. The monoisotopic (exact) mass is 300 g/mol. The van der Waals surface area contributed by atoms with Gasteiger partial charge in [0.05, 0.1) is 24.0 Å². The lowest BCUT2D eigenvalue weighted by Crippen LogP contribution is -2.31. The van der Waals surface area contributed by atoms with Crippen LogP contribution in [0.1, 0.15) is 20.8 Å². The van der Waals surface area contributed by atoms with E-state index in [9.17, 15) is 0 Å². The average molecular weight is 301 g/mol. The topological polar surface area (TPSA) is 47.3 Å². The van der Waals surface area contributed by atoms with Crippen molar-refractivity contribution in [1.29, 1.82) is 0 Å². The fourth-order valence-electron chi connectivity index (χ4n) is 1.50. The summed E-state index contributed by atoms with van der Waals surface area (Å²) in [7, 11) is 0. The summed E-state index contributed by atoms with van der Waals surface area (Å²) in [5.74, 6) is 0.486. The Labute approximate surface area is 112 Å². The second-order valence-corrected chi connectivity index (χ2v) is 5.30. The molecule has 1 aromatic carbocycles. The number of hydrogen-bond donors (Lipinski definition) is 2. The van der Waals surface area contributed by atoms with Crippen molar-refractivity contribution in [1.82, 2.24) is 0 Å². The fraction of sp³-hybridized carbons (Fsp3) is 0.538. The molecular formula is C13H21BrN2O. The Kier molecular flexibility index (Phi) is 5.78. The number of nitrogens with one attached hydrogen (secondary N) is 1. The average Bonchev–Trinajstić information content (AvgIpc) is 2.28. The molecule has 0 aromatic heterocycles. The van der Waals surface area contributed by atoms with Gasteiger partial charge in [0.2, 0.25) is 0 Å². The van der Waals surface area contributed by atoms with Crippen molar-refractivity contribution in [2.45, 2.75) is 26.8 Å². The molecule has 0 saturated heterocycles. The molecule has 4 heteroatoms. The number of rotatable bonds is 6. The van der Waals surface area contributed by atoms with Crippen molar-refractivity contribution in [3.63, 3.8) is 0 Å². The van der Waals surface area contributed by atoms with E-state index in [-0.39, 0.29) is 6.04 Å². The minimum absolute atomic E-state index is 0.270. The van der Waals surface area contributed by atoms with Crippen LogP contribution in [0, 0.1) is 5.92 Å². The SMILES string of the molecule is CCOCC(Nc1cc(Br)ccc1N)C(C)C. The Morgan fingerprint density at radius 3 is 2.71 bits per heavy atom. The summed E-state index contributed by atoms with van der Waals surface area (Å²) >= 11 is 3.45. The van der Waals surface area contributed by atoms with Gasteiger partial charge in [-0.05, 0) is 31.0 Å². The molecular weight excluding hydrogens is 280 g/mol. The maximum absolute atomic E-state index is 5.94. The van der Waals surface area contributed by atoms with E-state index in [1.807, 2.05) is 25.1 Å². The van der Waals surface area contributed by atoms with Gasteiger partial charge in [0.15, 0.2) is 0 Å². The predicted octanol–water partition coefficient (Wildman–Crippen LogP) is 3.50. The third-order valence-electron chi connectivity index (χ3n) is 2.66. The molecule has 1 aromatic rings. The fourth-order valence-corrected chi connectivity index (χ4v) is 1.86. The van der Waals surface area contributed by atoms with Crippen LogP contribution in [0.15, 0.2) is 22.7 Å². The number of nitrogen functional groups attached to an aromatic ring is 1. The van der Waals surface area contributed by atoms with Crippen LogP contribution in [-0.4, -0.2) is 19.3 Å². The van der Waals surface area contributed by atoms with Crippen LogP contribution >= 0.6 is 15.9 Å². The number of ether oxygens (including phenoxy) is 1. The Morgan fingerprint density at radius 1 is 1.41 bits per heavy atom. The highest BCUT2D eigenvalue weighted by atomic mass is 79.9. The third-order valence-corrected chi connectivity index (χ3v) is 3.16. The summed E-state index contributed by atoms with van der Waals surface area (Å²) in [6.45, 7) is 7.78. The molecule has 0 fully saturated rings. The summed E-state index contributed by atoms with van der Waals surface area (Å²) in [6.07, 6.45) is 0. The summed E-state index contributed by atoms with van der Waals surface area (Å²) in [4.78, 5) is 0. The minimum Gasteiger partial charge on any atom is -0.397 e. The van der Waals surface area contributed by atoms with Gasteiger partial charge in [0.1, 0.15) is 0 Å². The molecule has 3 nitrogen and oxygen atoms in total. The third kappa shape index (κ3) is 4.56. The highest BCUT2D eigenvalue weighted by Gasteiger charge is 2.14. The standard InChI is InChI=1S/C13H21BrN2O/c1-4-17-8-13(9(2)3)16-12-7-10(14)5-6-11(12)15/h5-7,9,13,16H,4,8,15H2,1-3H3. The number of anilines is 2. The van der Waals surface area contributed by atoms with Gasteiger partial charge < -0.3 is 15.8 Å². The van der Waals surface area contributed by atoms with Crippen LogP contribution in [0.4, 0.5) is 11.4 Å². The van der Waals surface area contributed by atoms with E-state index >= 15 is 0 Å². The predicted molar refractivity (Wildman–Crippen MR) is 77.3 cm³/mol. The van der Waals surface area contributed by atoms with Gasteiger partial charge in [-0.3, -0.25) is 0 Å². The molecule has 1 unspecified atom stereocenters. The first-order chi connectivity index (χ1) is 8.04. The molecule has 0 amide bonds. The van der Waals surface area contributed by atoms with E-state index < -0.39 is 0 Å². The lowest BCUT2D eigenvalue weighted by atomic mass is 10.0. The van der Waals surface area contributed by atoms with E-state index in [4.69, 9.17) is 10.5 Å². The van der Waals surface area contributed by atoms with Gasteiger partial charge in [-0.15, -0.1) is 0 Å². The van der Waals surface area contributed by atoms with Crippen LogP contribution in [0.25, 0.3) is 0 Å². The van der Waals surface area contributed by atoms with Gasteiger partial charge in [0.25, 0.3) is 0 Å². The molecule has 0 heterocycles. The van der Waals surface area contributed by atoms with Crippen LogP contribution in [0.3, 0.4) is 0 Å². The van der Waals surface area contributed by atoms with E-state index in [1.165, 1.54) is 0 Å². The molecule has 0 spiro atoms. The second-order valence-electron chi connectivity index (χ2n) is 4.39. The molecule has 0 bridgehead atoms. The van der Waals surface area contributed by atoms with E-state index in [2.05, 4.69) is 35.1 Å². The maximum atomic E-state index is 5.94. The highest BCUT2D eigenvalue weighted by molar-refractivity contribution is 9.10. The molecule has 0 aliphatic rings. The van der Waals surface area contributed by atoms with Crippen LogP contribution in [0.5, 0.6) is 0 Å². The van der Waals surface area contributed by atoms with Gasteiger partial charge >= 0.3 is 0 Å². The zero-order valence-corrected chi connectivity index (χ0v) is 12.3. The minimum atomic E-state index is 0.270. The molecule has 0 aliphatic carbocycles. The Hall–Kier alpha value is -0.740. The zero-order chi connectivity index (χ0) is 12.8. The molecule has 0 saturated carbocycles. The molecule has 0 radical (unpaired) electrons. The van der Waals surface area contributed by atoms with Gasteiger partial charge in [-0.2, -0.15) is 0 Å². The summed E-state index contributed by atoms with van der Waals surface area (Å²) in [5, 5.41) is 3.44. The molecule has 3 N–H and O–H groups in total. The number of hydrogen-bond acceptors (Lipinski definition) is 3. The summed E-state index contributed by atoms with van der Waals surface area (Å²) in [5.41, 5.74) is 7.66. The van der Waals surface area contributed by atoms with Crippen molar-refractivity contribution >= 4 is 27.3 Å². The second kappa shape index (κ2) is 6.87. The number of benzene rings is 1. The van der Waals surface area contributed by atoms with Crippen molar-refractivity contribution in [2.24, 2.45) is 5.92 Å². The highest BCUT2D eigenvalue weighted by Crippen LogP contribution is 2.25. The van der Waals surface area contributed by atoms with Crippen molar-refractivity contribution in [3.05, 3.63) is 22.7 Å². The summed E-state index contributed by atoms with van der Waals surface area (Å²) < 4.78 is 6.51. The van der Waals surface area contributed by atoms with Gasteiger partial charge in [-0.1, -0.05) is 29.8 Å². The van der Waals surface area contributed by atoms with Gasteiger partial charge in [0, 0.05) is 11.1 Å². The molecule has 1 rings (SSSR count). The van der Waals surface area contributed by atoms with Crippen LogP contribution in [-0.2, 0) is 4.74 Å². The number of nitrogens with two attached hydrogens (primary N) is 1. The van der Waals surface area contributed by atoms with Crippen molar-refractivity contribution in [2.75, 3.05) is 24.3 Å². The molecule has 0 aliphatic heterocycles. The molecule has 1 atom stereocenters. The first kappa shape index (κ1) is 14.3. The lowest BCUT2D eigenvalue weighted by Gasteiger charge is -2.24. The van der Waals surface area contributed by atoms with E-state index in [0.29, 0.717) is 12.5 Å². The van der Waals surface area contributed by atoms with Crippen LogP contribution in [0.2, 0.25) is 0 Å². The van der Waals surface area contributed by atoms with Crippen molar-refractivity contribution in [3.8, 4) is 0 Å². The lowest BCUT2D eigenvalue weighted by molar-refractivity contribution is 0.127. The van der Waals surface area contributed by atoms with Crippen molar-refractivity contribution < 1.29 is 4.74 Å². The smallest absolute Gasteiger partial charge is 0.0670 e. The van der Waals surface area contributed by atoms with Crippen LogP contribution < -0.4 is 11.1 Å². The first-order valence-electron chi connectivity index (χ1n) is 5.94. The Morgan fingerprint density at radius 2 is 2.12 bits per heavy atom. The maximum Gasteiger partial charge on any atom is 0.0670 e. The summed E-state index contributed by atoms with van der Waals surface area (Å²) in [6, 6.07) is 6.10. The normalized spacial score (nSPS) is 12.8. The van der Waals surface area contributed by atoms with Gasteiger partial charge in [-0.25, -0.2) is 0 Å². The molecule has 17 heavy (non-hydrogen) atoms.